The highest BCUT2D eigenvalue weighted by Crippen LogP contribution is 1.84. The van der Waals surface area contributed by atoms with Gasteiger partial charge >= 0.3 is 0 Å². The molecule has 0 fully saturated rings. The Hall–Kier alpha value is -1.36. The van der Waals surface area contributed by atoms with Gasteiger partial charge in [0.15, 0.2) is 0 Å². The summed E-state index contributed by atoms with van der Waals surface area (Å²) in [5, 5.41) is 10.9. The first-order valence-corrected chi connectivity index (χ1v) is 3.66. The van der Waals surface area contributed by atoms with E-state index in [1.165, 1.54) is 0 Å². The molecule has 0 saturated carbocycles. The average Bonchev–Trinajstić information content (AvgIpc) is 2.53. The van der Waals surface area contributed by atoms with Gasteiger partial charge in [-0.25, -0.2) is 4.98 Å². The molecular weight excluding hydrogens is 158 g/mol. The fourth-order valence-electron chi connectivity index (χ4n) is 0.797. The van der Waals surface area contributed by atoms with Crippen molar-refractivity contribution in [3.8, 4) is 0 Å². The van der Waals surface area contributed by atoms with Gasteiger partial charge in [0.05, 0.1) is 12.9 Å². The van der Waals surface area contributed by atoms with E-state index in [2.05, 4.69) is 10.3 Å². The van der Waals surface area contributed by atoms with Crippen molar-refractivity contribution in [2.75, 3.05) is 13.2 Å². The second-order valence-corrected chi connectivity index (χ2v) is 2.31. The van der Waals surface area contributed by atoms with Crippen LogP contribution < -0.4 is 5.32 Å². The molecule has 1 rings (SSSR count). The van der Waals surface area contributed by atoms with Crippen LogP contribution in [0.4, 0.5) is 0 Å². The smallest absolute Gasteiger partial charge is 0.240 e. The zero-order valence-corrected chi connectivity index (χ0v) is 6.60. The first-order valence-electron chi connectivity index (χ1n) is 3.66. The fraction of sp³-hybridized carbons (Fsp3) is 0.429. The predicted octanol–water partition coefficient (Wildman–Crippen LogP) is -1.01. The van der Waals surface area contributed by atoms with Crippen LogP contribution >= 0.6 is 0 Å². The molecule has 1 aromatic rings. The van der Waals surface area contributed by atoms with Crippen molar-refractivity contribution >= 4 is 5.91 Å². The van der Waals surface area contributed by atoms with Crippen LogP contribution in [-0.2, 0) is 11.3 Å². The largest absolute Gasteiger partial charge is 0.395 e. The molecule has 0 spiro atoms. The van der Waals surface area contributed by atoms with Crippen molar-refractivity contribution in [2.45, 2.75) is 6.54 Å². The Balaban J connectivity index is 2.27. The molecule has 1 amide bonds. The van der Waals surface area contributed by atoms with Gasteiger partial charge in [-0.2, -0.15) is 0 Å². The molecule has 0 aliphatic rings. The maximum Gasteiger partial charge on any atom is 0.240 e. The van der Waals surface area contributed by atoms with Gasteiger partial charge in [-0.15, -0.1) is 0 Å². The highest BCUT2D eigenvalue weighted by Gasteiger charge is 1.99. The number of imidazole rings is 1. The number of aliphatic hydroxyl groups excluding tert-OH is 1. The molecule has 0 aliphatic heterocycles. The third-order valence-corrected chi connectivity index (χ3v) is 1.32. The molecule has 1 aromatic heterocycles. The van der Waals surface area contributed by atoms with Gasteiger partial charge in [-0.3, -0.25) is 4.79 Å². The number of hydrogen-bond donors (Lipinski definition) is 2. The van der Waals surface area contributed by atoms with Crippen molar-refractivity contribution in [3.63, 3.8) is 0 Å². The Morgan fingerprint density at radius 3 is 3.08 bits per heavy atom. The number of hydrogen-bond acceptors (Lipinski definition) is 3. The standard InChI is InChI=1S/C7H11N3O2/c11-4-2-9-7(12)5-10-3-1-8-6-10/h1,3,6,11H,2,4-5H2,(H,9,12). The first kappa shape index (κ1) is 8.73. The number of aromatic nitrogens is 2. The number of rotatable bonds is 4. The van der Waals surface area contributed by atoms with Gasteiger partial charge in [0, 0.05) is 18.9 Å². The maximum atomic E-state index is 11.0. The molecule has 0 bridgehead atoms. The van der Waals surface area contributed by atoms with Gasteiger partial charge in [-0.05, 0) is 0 Å². The molecule has 5 nitrogen and oxygen atoms in total. The fourth-order valence-corrected chi connectivity index (χ4v) is 0.797. The first-order chi connectivity index (χ1) is 5.83. The van der Waals surface area contributed by atoms with Gasteiger partial charge in [0.25, 0.3) is 0 Å². The van der Waals surface area contributed by atoms with Crippen molar-refractivity contribution in [1.29, 1.82) is 0 Å². The van der Waals surface area contributed by atoms with E-state index in [9.17, 15) is 4.79 Å². The molecule has 0 aromatic carbocycles. The molecular formula is C7H11N3O2. The summed E-state index contributed by atoms with van der Waals surface area (Å²) < 4.78 is 1.66. The number of carbonyl (C=O) groups is 1. The van der Waals surface area contributed by atoms with E-state index >= 15 is 0 Å². The molecule has 12 heavy (non-hydrogen) atoms. The Kier molecular flexibility index (Phi) is 3.28. The molecule has 0 saturated heterocycles. The van der Waals surface area contributed by atoms with E-state index in [0.717, 1.165) is 0 Å². The Morgan fingerprint density at radius 2 is 2.50 bits per heavy atom. The second kappa shape index (κ2) is 4.50. The van der Waals surface area contributed by atoms with E-state index in [-0.39, 0.29) is 19.1 Å². The van der Waals surface area contributed by atoms with Gasteiger partial charge < -0.3 is 15.0 Å². The average molecular weight is 169 g/mol. The Bertz CT molecular complexity index is 233. The van der Waals surface area contributed by atoms with Crippen LogP contribution in [0.5, 0.6) is 0 Å². The molecule has 0 aliphatic carbocycles. The predicted molar refractivity (Wildman–Crippen MR) is 42.3 cm³/mol. The SMILES string of the molecule is O=C(Cn1ccnc1)NCCO. The van der Waals surface area contributed by atoms with Crippen molar-refractivity contribution in [2.24, 2.45) is 0 Å². The van der Waals surface area contributed by atoms with Gasteiger partial charge in [-0.1, -0.05) is 0 Å². The molecule has 1 heterocycles. The van der Waals surface area contributed by atoms with Gasteiger partial charge in [0.2, 0.25) is 5.91 Å². The summed E-state index contributed by atoms with van der Waals surface area (Å²) >= 11 is 0. The molecule has 2 N–H and O–H groups in total. The van der Waals surface area contributed by atoms with Crippen molar-refractivity contribution in [1.82, 2.24) is 14.9 Å². The highest BCUT2D eigenvalue weighted by atomic mass is 16.3. The lowest BCUT2D eigenvalue weighted by Crippen LogP contribution is -2.29. The summed E-state index contributed by atoms with van der Waals surface area (Å²) in [5.74, 6) is -0.123. The molecule has 0 radical (unpaired) electrons. The lowest BCUT2D eigenvalue weighted by molar-refractivity contribution is -0.121. The van der Waals surface area contributed by atoms with Gasteiger partial charge in [0.1, 0.15) is 6.54 Å². The van der Waals surface area contributed by atoms with Crippen LogP contribution in [0, 0.1) is 0 Å². The minimum Gasteiger partial charge on any atom is -0.395 e. The minimum absolute atomic E-state index is 0.0321. The number of amides is 1. The maximum absolute atomic E-state index is 11.0. The van der Waals surface area contributed by atoms with Crippen LogP contribution in [0.25, 0.3) is 0 Å². The molecule has 66 valence electrons. The van der Waals surface area contributed by atoms with Crippen molar-refractivity contribution in [3.05, 3.63) is 18.7 Å². The monoisotopic (exact) mass is 169 g/mol. The third kappa shape index (κ3) is 2.71. The quantitative estimate of drug-likeness (QED) is 0.607. The number of nitrogens with one attached hydrogen (secondary N) is 1. The van der Waals surface area contributed by atoms with E-state index in [1.54, 1.807) is 23.3 Å². The number of nitrogens with zero attached hydrogens (tertiary/aromatic N) is 2. The summed E-state index contributed by atoms with van der Waals surface area (Å²) in [7, 11) is 0. The summed E-state index contributed by atoms with van der Waals surface area (Å²) in [6.45, 7) is 0.517. The minimum atomic E-state index is -0.123. The molecule has 0 atom stereocenters. The van der Waals surface area contributed by atoms with Crippen LogP contribution in [0.2, 0.25) is 0 Å². The Morgan fingerprint density at radius 1 is 1.67 bits per heavy atom. The van der Waals surface area contributed by atoms with Crippen LogP contribution in [-0.4, -0.2) is 33.7 Å². The molecule has 0 unspecified atom stereocenters. The van der Waals surface area contributed by atoms with E-state index in [1.807, 2.05) is 0 Å². The second-order valence-electron chi connectivity index (χ2n) is 2.31. The van der Waals surface area contributed by atoms with Crippen LogP contribution in [0.1, 0.15) is 0 Å². The zero-order chi connectivity index (χ0) is 8.81. The van der Waals surface area contributed by atoms with E-state index < -0.39 is 0 Å². The number of aliphatic hydroxyl groups is 1. The van der Waals surface area contributed by atoms with Crippen molar-refractivity contribution < 1.29 is 9.90 Å². The van der Waals surface area contributed by atoms with E-state index in [0.29, 0.717) is 6.54 Å². The summed E-state index contributed by atoms with van der Waals surface area (Å²) in [5.41, 5.74) is 0. The summed E-state index contributed by atoms with van der Waals surface area (Å²) in [6.07, 6.45) is 4.89. The normalized spacial score (nSPS) is 9.75. The lowest BCUT2D eigenvalue weighted by atomic mass is 10.5. The summed E-state index contributed by atoms with van der Waals surface area (Å²) in [4.78, 5) is 14.8. The lowest BCUT2D eigenvalue weighted by Gasteiger charge is -2.02. The number of carbonyl (C=O) groups excluding carboxylic acids is 1. The topological polar surface area (TPSA) is 67.2 Å². The zero-order valence-electron chi connectivity index (χ0n) is 6.60. The van der Waals surface area contributed by atoms with E-state index in [4.69, 9.17) is 5.11 Å². The molecule has 5 heteroatoms. The highest BCUT2D eigenvalue weighted by molar-refractivity contribution is 5.75. The summed E-state index contributed by atoms with van der Waals surface area (Å²) in [6, 6.07) is 0. The third-order valence-electron chi connectivity index (χ3n) is 1.32. The van der Waals surface area contributed by atoms with Crippen LogP contribution in [0.3, 0.4) is 0 Å². The Labute approximate surface area is 70.0 Å². The van der Waals surface area contributed by atoms with Crippen LogP contribution in [0.15, 0.2) is 18.7 Å².